The Hall–Kier alpha value is -4.35. The predicted molar refractivity (Wildman–Crippen MR) is 155 cm³/mol. The number of aromatic nitrogens is 2. The SMILES string of the molecule is CCCc1c(CN(Cc2ccccc2)Cc2ccc3c(c2)OCO3)c(-c2ccccc2)nn1-c1ccccc1. The second kappa shape index (κ2) is 11.6. The van der Waals surface area contributed by atoms with Crippen LogP contribution in [-0.4, -0.2) is 21.5 Å². The van der Waals surface area contributed by atoms with E-state index in [1.807, 2.05) is 6.07 Å². The van der Waals surface area contributed by atoms with Crippen molar-refractivity contribution in [2.75, 3.05) is 6.79 Å². The zero-order chi connectivity index (χ0) is 26.4. The van der Waals surface area contributed by atoms with Gasteiger partial charge in [-0.2, -0.15) is 5.10 Å². The third kappa shape index (κ3) is 5.59. The van der Waals surface area contributed by atoms with Gasteiger partial charge >= 0.3 is 0 Å². The van der Waals surface area contributed by atoms with E-state index in [0.29, 0.717) is 0 Å². The fraction of sp³-hybridized carbons (Fsp3) is 0.206. The highest BCUT2D eigenvalue weighted by Gasteiger charge is 2.23. The molecule has 5 aromatic rings. The van der Waals surface area contributed by atoms with Crippen molar-refractivity contribution in [3.8, 4) is 28.4 Å². The molecule has 0 saturated heterocycles. The van der Waals surface area contributed by atoms with Crippen molar-refractivity contribution >= 4 is 0 Å². The molecule has 5 heteroatoms. The number of rotatable bonds is 10. The number of benzene rings is 4. The van der Waals surface area contributed by atoms with Crippen molar-refractivity contribution < 1.29 is 9.47 Å². The molecule has 4 aromatic carbocycles. The molecule has 39 heavy (non-hydrogen) atoms. The van der Waals surface area contributed by atoms with E-state index in [9.17, 15) is 0 Å². The first-order chi connectivity index (χ1) is 19.3. The van der Waals surface area contributed by atoms with Crippen LogP contribution in [0.4, 0.5) is 0 Å². The van der Waals surface area contributed by atoms with Crippen molar-refractivity contribution in [3.05, 3.63) is 132 Å². The molecular formula is C34H33N3O2. The van der Waals surface area contributed by atoms with Gasteiger partial charge in [-0.15, -0.1) is 0 Å². The summed E-state index contributed by atoms with van der Waals surface area (Å²) in [7, 11) is 0. The standard InChI is InChI=1S/C34H33N3O2/c1-2-12-31-30(34(28-15-8-4-9-16-28)35-37(31)29-17-10-5-11-18-29)24-36(22-26-13-6-3-7-14-26)23-27-19-20-32-33(21-27)39-25-38-32/h3-11,13-21H,2,12,22-25H2,1H3. The molecule has 0 aliphatic carbocycles. The number of hydrogen-bond acceptors (Lipinski definition) is 4. The maximum atomic E-state index is 5.68. The van der Waals surface area contributed by atoms with Crippen LogP contribution >= 0.6 is 0 Å². The summed E-state index contributed by atoms with van der Waals surface area (Å²) in [5.41, 5.74) is 8.31. The maximum absolute atomic E-state index is 5.68. The van der Waals surface area contributed by atoms with Crippen LogP contribution in [0.5, 0.6) is 11.5 Å². The van der Waals surface area contributed by atoms with Gasteiger partial charge in [0, 0.05) is 36.5 Å². The average molecular weight is 516 g/mol. The maximum Gasteiger partial charge on any atom is 0.231 e. The third-order valence-electron chi connectivity index (χ3n) is 7.10. The van der Waals surface area contributed by atoms with Crippen LogP contribution in [0.25, 0.3) is 16.9 Å². The Morgan fingerprint density at radius 3 is 2.13 bits per heavy atom. The number of nitrogens with zero attached hydrogens (tertiary/aromatic N) is 3. The molecule has 0 N–H and O–H groups in total. The number of para-hydroxylation sites is 1. The largest absolute Gasteiger partial charge is 0.454 e. The van der Waals surface area contributed by atoms with Crippen molar-refractivity contribution in [1.82, 2.24) is 14.7 Å². The minimum atomic E-state index is 0.284. The van der Waals surface area contributed by atoms with Crippen LogP contribution in [0.15, 0.2) is 109 Å². The van der Waals surface area contributed by atoms with E-state index >= 15 is 0 Å². The Kier molecular flexibility index (Phi) is 7.41. The van der Waals surface area contributed by atoms with Crippen molar-refractivity contribution in [3.63, 3.8) is 0 Å². The van der Waals surface area contributed by atoms with Gasteiger partial charge in [0.25, 0.3) is 0 Å². The topological polar surface area (TPSA) is 39.5 Å². The Bertz CT molecular complexity index is 1510. The molecule has 0 unspecified atom stereocenters. The summed E-state index contributed by atoms with van der Waals surface area (Å²) in [5, 5.41) is 5.24. The highest BCUT2D eigenvalue weighted by molar-refractivity contribution is 5.65. The molecule has 0 amide bonds. The number of fused-ring (bicyclic) bond motifs is 1. The smallest absolute Gasteiger partial charge is 0.231 e. The second-order valence-corrected chi connectivity index (χ2v) is 9.96. The van der Waals surface area contributed by atoms with E-state index in [-0.39, 0.29) is 6.79 Å². The number of hydrogen-bond donors (Lipinski definition) is 0. The van der Waals surface area contributed by atoms with Crippen molar-refractivity contribution in [1.29, 1.82) is 0 Å². The molecule has 0 saturated carbocycles. The van der Waals surface area contributed by atoms with Crippen LogP contribution in [0.3, 0.4) is 0 Å². The quantitative estimate of drug-likeness (QED) is 0.194. The monoisotopic (exact) mass is 515 g/mol. The Balaban J connectivity index is 1.43. The summed E-state index contributed by atoms with van der Waals surface area (Å²) in [6.07, 6.45) is 1.99. The van der Waals surface area contributed by atoms with E-state index in [1.54, 1.807) is 0 Å². The van der Waals surface area contributed by atoms with E-state index in [4.69, 9.17) is 14.6 Å². The molecule has 1 aliphatic heterocycles. The molecule has 2 heterocycles. The van der Waals surface area contributed by atoms with Gasteiger partial charge in [0.05, 0.1) is 11.4 Å². The zero-order valence-corrected chi connectivity index (χ0v) is 22.3. The molecule has 1 aliphatic rings. The van der Waals surface area contributed by atoms with Crippen LogP contribution in [-0.2, 0) is 26.1 Å². The molecule has 0 bridgehead atoms. The van der Waals surface area contributed by atoms with Crippen molar-refractivity contribution in [2.45, 2.75) is 39.4 Å². The Morgan fingerprint density at radius 1 is 0.718 bits per heavy atom. The first kappa shape index (κ1) is 25.0. The molecule has 196 valence electrons. The van der Waals surface area contributed by atoms with Gasteiger partial charge < -0.3 is 9.47 Å². The molecule has 6 rings (SSSR count). The summed E-state index contributed by atoms with van der Waals surface area (Å²) in [5.74, 6) is 1.63. The second-order valence-electron chi connectivity index (χ2n) is 9.96. The molecule has 0 spiro atoms. The lowest BCUT2D eigenvalue weighted by Crippen LogP contribution is -2.23. The van der Waals surface area contributed by atoms with Crippen LogP contribution in [0, 0.1) is 0 Å². The van der Waals surface area contributed by atoms with Crippen LogP contribution in [0.2, 0.25) is 0 Å². The third-order valence-corrected chi connectivity index (χ3v) is 7.10. The van der Waals surface area contributed by atoms with E-state index in [2.05, 4.69) is 120 Å². The fourth-order valence-corrected chi connectivity index (χ4v) is 5.29. The minimum absolute atomic E-state index is 0.284. The Morgan fingerprint density at radius 2 is 1.38 bits per heavy atom. The van der Waals surface area contributed by atoms with Gasteiger partial charge in [0.1, 0.15) is 0 Å². The van der Waals surface area contributed by atoms with Crippen molar-refractivity contribution in [2.24, 2.45) is 0 Å². The average Bonchev–Trinajstić information content (AvgIpc) is 3.59. The highest BCUT2D eigenvalue weighted by atomic mass is 16.7. The fourth-order valence-electron chi connectivity index (χ4n) is 5.29. The van der Waals surface area contributed by atoms with Gasteiger partial charge in [-0.3, -0.25) is 4.90 Å². The first-order valence-corrected chi connectivity index (χ1v) is 13.6. The molecule has 1 aromatic heterocycles. The summed E-state index contributed by atoms with van der Waals surface area (Å²) in [6, 6.07) is 38.0. The summed E-state index contributed by atoms with van der Waals surface area (Å²) in [6.45, 7) is 4.90. The normalized spacial score (nSPS) is 12.3. The summed E-state index contributed by atoms with van der Waals surface area (Å²) >= 11 is 0. The first-order valence-electron chi connectivity index (χ1n) is 13.6. The predicted octanol–water partition coefficient (Wildman–Crippen LogP) is 7.42. The zero-order valence-electron chi connectivity index (χ0n) is 22.3. The molecule has 5 nitrogen and oxygen atoms in total. The van der Waals surface area contributed by atoms with Gasteiger partial charge in [-0.1, -0.05) is 98.3 Å². The van der Waals surface area contributed by atoms with Gasteiger partial charge in [-0.05, 0) is 41.8 Å². The summed E-state index contributed by atoms with van der Waals surface area (Å²) < 4.78 is 13.4. The molecule has 0 radical (unpaired) electrons. The van der Waals surface area contributed by atoms with E-state index < -0.39 is 0 Å². The lowest BCUT2D eigenvalue weighted by Gasteiger charge is -2.24. The van der Waals surface area contributed by atoms with Gasteiger partial charge in [-0.25, -0.2) is 4.68 Å². The van der Waals surface area contributed by atoms with E-state index in [0.717, 1.165) is 60.9 Å². The van der Waals surface area contributed by atoms with Gasteiger partial charge in [0.15, 0.2) is 11.5 Å². The lowest BCUT2D eigenvalue weighted by molar-refractivity contribution is 0.174. The van der Waals surface area contributed by atoms with Gasteiger partial charge in [0.2, 0.25) is 6.79 Å². The number of ether oxygens (including phenoxy) is 2. The summed E-state index contributed by atoms with van der Waals surface area (Å²) in [4.78, 5) is 2.50. The highest BCUT2D eigenvalue weighted by Crippen LogP contribution is 2.34. The van der Waals surface area contributed by atoms with Crippen LogP contribution < -0.4 is 9.47 Å². The lowest BCUT2D eigenvalue weighted by atomic mass is 10.0. The van der Waals surface area contributed by atoms with E-state index in [1.165, 1.54) is 22.4 Å². The molecule has 0 atom stereocenters. The molecule has 0 fully saturated rings. The molecular weight excluding hydrogens is 482 g/mol. The minimum Gasteiger partial charge on any atom is -0.454 e. The van der Waals surface area contributed by atoms with Crippen LogP contribution in [0.1, 0.15) is 35.7 Å². The Labute approximate surface area is 230 Å².